The molecular formula is C11H16N4O3. The van der Waals surface area contributed by atoms with Crippen LogP contribution < -0.4 is 10.6 Å². The van der Waals surface area contributed by atoms with Crippen molar-refractivity contribution in [3.05, 3.63) is 17.8 Å². The molecule has 98 valence electrons. The third kappa shape index (κ3) is 3.41. The maximum Gasteiger partial charge on any atom is 0.326 e. The van der Waals surface area contributed by atoms with E-state index in [-0.39, 0.29) is 17.5 Å². The molecule has 0 fully saturated rings. The van der Waals surface area contributed by atoms with Gasteiger partial charge in [0, 0.05) is 7.05 Å². The predicted octanol–water partition coefficient (Wildman–Crippen LogP) is 0.357. The predicted molar refractivity (Wildman–Crippen MR) is 65.3 cm³/mol. The molecule has 0 bridgehead atoms. The third-order valence-corrected chi connectivity index (χ3v) is 2.36. The molecule has 7 nitrogen and oxygen atoms in total. The van der Waals surface area contributed by atoms with Crippen LogP contribution in [0.25, 0.3) is 0 Å². The monoisotopic (exact) mass is 252 g/mol. The minimum absolute atomic E-state index is 0.0945. The molecule has 1 rings (SSSR count). The van der Waals surface area contributed by atoms with E-state index in [2.05, 4.69) is 20.8 Å². The standard InChI is InChI=1S/C11H16N4O3/c1-6(2)9(11(17)18)13-8-5-4-7(14-15-8)10(16)12-3/h4-6,9H,1-3H3,(H,12,16)(H,13,15)(H,17,18)/t9-/m1/s1. The van der Waals surface area contributed by atoms with Gasteiger partial charge in [-0.3, -0.25) is 4.79 Å². The lowest BCUT2D eigenvalue weighted by Crippen LogP contribution is -2.34. The van der Waals surface area contributed by atoms with E-state index in [1.54, 1.807) is 13.8 Å². The van der Waals surface area contributed by atoms with Gasteiger partial charge >= 0.3 is 5.97 Å². The zero-order valence-corrected chi connectivity index (χ0v) is 10.5. The summed E-state index contributed by atoms with van der Waals surface area (Å²) >= 11 is 0. The van der Waals surface area contributed by atoms with E-state index in [1.807, 2.05) is 0 Å². The lowest BCUT2D eigenvalue weighted by molar-refractivity contribution is -0.138. The number of anilines is 1. The number of aliphatic carboxylic acids is 1. The summed E-state index contributed by atoms with van der Waals surface area (Å²) in [6, 6.07) is 2.26. The topological polar surface area (TPSA) is 104 Å². The molecule has 0 radical (unpaired) electrons. The fourth-order valence-corrected chi connectivity index (χ4v) is 1.33. The zero-order chi connectivity index (χ0) is 13.7. The fraction of sp³-hybridized carbons (Fsp3) is 0.455. The Morgan fingerprint density at radius 2 is 1.94 bits per heavy atom. The second-order valence-electron chi connectivity index (χ2n) is 4.09. The van der Waals surface area contributed by atoms with E-state index in [4.69, 9.17) is 5.11 Å². The first-order valence-corrected chi connectivity index (χ1v) is 5.51. The van der Waals surface area contributed by atoms with E-state index in [9.17, 15) is 9.59 Å². The van der Waals surface area contributed by atoms with Crippen LogP contribution in [0.4, 0.5) is 5.82 Å². The highest BCUT2D eigenvalue weighted by molar-refractivity contribution is 5.91. The molecule has 0 aliphatic rings. The van der Waals surface area contributed by atoms with E-state index in [0.717, 1.165) is 0 Å². The van der Waals surface area contributed by atoms with Gasteiger partial charge in [0.05, 0.1) is 0 Å². The Morgan fingerprint density at radius 3 is 2.33 bits per heavy atom. The highest BCUT2D eigenvalue weighted by Gasteiger charge is 2.21. The van der Waals surface area contributed by atoms with Crippen molar-refractivity contribution in [1.29, 1.82) is 0 Å². The quantitative estimate of drug-likeness (QED) is 0.698. The number of amides is 1. The van der Waals surface area contributed by atoms with Gasteiger partial charge in [-0.1, -0.05) is 13.8 Å². The maximum absolute atomic E-state index is 11.2. The average Bonchev–Trinajstić information content (AvgIpc) is 2.35. The number of aromatic nitrogens is 2. The lowest BCUT2D eigenvalue weighted by atomic mass is 10.1. The second kappa shape index (κ2) is 5.95. The number of nitrogens with zero attached hydrogens (tertiary/aromatic N) is 2. The Bertz CT molecular complexity index is 430. The summed E-state index contributed by atoms with van der Waals surface area (Å²) in [5, 5.41) is 21.7. The van der Waals surface area contributed by atoms with Gasteiger partial charge < -0.3 is 15.7 Å². The molecule has 0 unspecified atom stereocenters. The normalized spacial score (nSPS) is 12.0. The first-order chi connectivity index (χ1) is 8.45. The third-order valence-electron chi connectivity index (χ3n) is 2.36. The fourth-order valence-electron chi connectivity index (χ4n) is 1.33. The SMILES string of the molecule is CNC(=O)c1ccc(N[C@@H](C(=O)O)C(C)C)nn1. The summed E-state index contributed by atoms with van der Waals surface area (Å²) in [6.45, 7) is 3.58. The first-order valence-electron chi connectivity index (χ1n) is 5.51. The van der Waals surface area contributed by atoms with Crippen LogP contribution in [0.2, 0.25) is 0 Å². The summed E-state index contributed by atoms with van der Waals surface area (Å²) in [7, 11) is 1.50. The Labute approximate surface area is 105 Å². The van der Waals surface area contributed by atoms with Gasteiger partial charge in [-0.05, 0) is 18.1 Å². The van der Waals surface area contributed by atoms with Gasteiger partial charge in [0.1, 0.15) is 11.9 Å². The van der Waals surface area contributed by atoms with Gasteiger partial charge in [0.25, 0.3) is 5.91 Å². The molecular weight excluding hydrogens is 236 g/mol. The number of carboxylic acid groups (broad SMARTS) is 1. The minimum Gasteiger partial charge on any atom is -0.480 e. The van der Waals surface area contributed by atoms with Crippen molar-refractivity contribution in [3.63, 3.8) is 0 Å². The van der Waals surface area contributed by atoms with Gasteiger partial charge in [-0.25, -0.2) is 4.79 Å². The van der Waals surface area contributed by atoms with Crippen LogP contribution in [-0.2, 0) is 4.79 Å². The molecule has 1 atom stereocenters. The van der Waals surface area contributed by atoms with Crippen molar-refractivity contribution >= 4 is 17.7 Å². The average molecular weight is 252 g/mol. The molecule has 1 heterocycles. The highest BCUT2D eigenvalue weighted by Crippen LogP contribution is 2.10. The molecule has 0 aliphatic heterocycles. The Hall–Kier alpha value is -2.18. The summed E-state index contributed by atoms with van der Waals surface area (Å²) in [6.07, 6.45) is 0. The number of carboxylic acids is 1. The van der Waals surface area contributed by atoms with Crippen LogP contribution in [0.5, 0.6) is 0 Å². The van der Waals surface area contributed by atoms with E-state index >= 15 is 0 Å². The van der Waals surface area contributed by atoms with Gasteiger partial charge in [-0.15, -0.1) is 10.2 Å². The Morgan fingerprint density at radius 1 is 1.28 bits per heavy atom. The summed E-state index contributed by atoms with van der Waals surface area (Å²) in [5.41, 5.74) is 0.180. The zero-order valence-electron chi connectivity index (χ0n) is 10.5. The second-order valence-corrected chi connectivity index (χ2v) is 4.09. The molecule has 18 heavy (non-hydrogen) atoms. The highest BCUT2D eigenvalue weighted by atomic mass is 16.4. The molecule has 0 saturated heterocycles. The molecule has 0 aromatic carbocycles. The number of hydrogen-bond acceptors (Lipinski definition) is 5. The van der Waals surface area contributed by atoms with Crippen molar-refractivity contribution in [1.82, 2.24) is 15.5 Å². The Kier molecular flexibility index (Phi) is 4.59. The molecule has 1 aromatic rings. The number of hydrogen-bond donors (Lipinski definition) is 3. The molecule has 0 saturated carbocycles. The Balaban J connectivity index is 2.79. The van der Waals surface area contributed by atoms with Gasteiger partial charge in [0.15, 0.2) is 5.69 Å². The number of rotatable bonds is 5. The molecule has 3 N–H and O–H groups in total. The van der Waals surface area contributed by atoms with E-state index < -0.39 is 12.0 Å². The van der Waals surface area contributed by atoms with Crippen molar-refractivity contribution in [2.45, 2.75) is 19.9 Å². The molecule has 7 heteroatoms. The molecule has 0 aliphatic carbocycles. The van der Waals surface area contributed by atoms with E-state index in [0.29, 0.717) is 5.82 Å². The van der Waals surface area contributed by atoms with Crippen LogP contribution >= 0.6 is 0 Å². The van der Waals surface area contributed by atoms with Crippen LogP contribution in [0.1, 0.15) is 24.3 Å². The minimum atomic E-state index is -0.956. The number of carbonyl (C=O) groups is 2. The van der Waals surface area contributed by atoms with Crippen LogP contribution in [0.15, 0.2) is 12.1 Å². The van der Waals surface area contributed by atoms with Crippen molar-refractivity contribution < 1.29 is 14.7 Å². The summed E-state index contributed by atoms with van der Waals surface area (Å²) in [4.78, 5) is 22.2. The maximum atomic E-state index is 11.2. The molecule has 0 spiro atoms. The van der Waals surface area contributed by atoms with E-state index in [1.165, 1.54) is 19.2 Å². The van der Waals surface area contributed by atoms with Gasteiger partial charge in [0.2, 0.25) is 0 Å². The summed E-state index contributed by atoms with van der Waals surface area (Å²) < 4.78 is 0. The number of nitrogens with one attached hydrogen (secondary N) is 2. The molecule has 1 amide bonds. The summed E-state index contributed by atoms with van der Waals surface area (Å²) in [5.74, 6) is -1.07. The first kappa shape index (κ1) is 13.9. The van der Waals surface area contributed by atoms with Crippen LogP contribution in [0, 0.1) is 5.92 Å². The van der Waals surface area contributed by atoms with Crippen LogP contribution in [-0.4, -0.2) is 40.3 Å². The van der Waals surface area contributed by atoms with Crippen LogP contribution in [0.3, 0.4) is 0 Å². The van der Waals surface area contributed by atoms with Crippen molar-refractivity contribution in [2.24, 2.45) is 5.92 Å². The smallest absolute Gasteiger partial charge is 0.326 e. The largest absolute Gasteiger partial charge is 0.480 e. The van der Waals surface area contributed by atoms with Crippen molar-refractivity contribution in [2.75, 3.05) is 12.4 Å². The van der Waals surface area contributed by atoms with Crippen molar-refractivity contribution in [3.8, 4) is 0 Å². The van der Waals surface area contributed by atoms with Gasteiger partial charge in [-0.2, -0.15) is 0 Å². The molecule has 1 aromatic heterocycles. The number of carbonyl (C=O) groups excluding carboxylic acids is 1. The lowest BCUT2D eigenvalue weighted by Gasteiger charge is -2.17.